The number of thiocarbonyl (C=S) groups is 1. The standard InChI is InChI=1S/C13H14F2N4S/c1-3-19-8(2)12(7-16-19)18-13(20)17-11-5-4-9(14)6-10(11)15/h4-7H,3H2,1-2H3,(H2,17,18,20). The third kappa shape index (κ3) is 3.11. The van der Waals surface area contributed by atoms with Gasteiger partial charge in [0.05, 0.1) is 23.3 Å². The van der Waals surface area contributed by atoms with Crippen LogP contribution in [-0.4, -0.2) is 14.9 Å². The maximum Gasteiger partial charge on any atom is 0.175 e. The van der Waals surface area contributed by atoms with Crippen molar-refractivity contribution >= 4 is 28.7 Å². The minimum Gasteiger partial charge on any atom is -0.330 e. The van der Waals surface area contributed by atoms with Crippen molar-refractivity contribution in [3.8, 4) is 0 Å². The van der Waals surface area contributed by atoms with Crippen molar-refractivity contribution in [2.75, 3.05) is 10.6 Å². The van der Waals surface area contributed by atoms with E-state index in [1.807, 2.05) is 18.5 Å². The van der Waals surface area contributed by atoms with Crippen LogP contribution in [-0.2, 0) is 6.54 Å². The van der Waals surface area contributed by atoms with Crippen molar-refractivity contribution in [3.05, 3.63) is 41.7 Å². The Kier molecular flexibility index (Phi) is 4.29. The van der Waals surface area contributed by atoms with Crippen molar-refractivity contribution < 1.29 is 8.78 Å². The van der Waals surface area contributed by atoms with E-state index in [2.05, 4.69) is 15.7 Å². The van der Waals surface area contributed by atoms with Gasteiger partial charge in [-0.3, -0.25) is 4.68 Å². The van der Waals surface area contributed by atoms with E-state index in [0.717, 1.165) is 30.1 Å². The predicted octanol–water partition coefficient (Wildman–Crippen LogP) is 3.30. The van der Waals surface area contributed by atoms with Gasteiger partial charge in [0.15, 0.2) is 5.11 Å². The number of aromatic nitrogens is 2. The summed E-state index contributed by atoms with van der Waals surface area (Å²) in [6.45, 7) is 4.63. The first-order valence-corrected chi connectivity index (χ1v) is 6.47. The molecule has 0 unspecified atom stereocenters. The molecule has 1 heterocycles. The molecule has 0 aliphatic rings. The molecule has 1 aromatic carbocycles. The Bertz CT molecular complexity index is 639. The van der Waals surface area contributed by atoms with Gasteiger partial charge in [-0.15, -0.1) is 0 Å². The summed E-state index contributed by atoms with van der Waals surface area (Å²) >= 11 is 5.10. The number of halogens is 2. The topological polar surface area (TPSA) is 41.9 Å². The average molecular weight is 296 g/mol. The normalized spacial score (nSPS) is 10.4. The molecule has 0 fully saturated rings. The summed E-state index contributed by atoms with van der Waals surface area (Å²) in [6.07, 6.45) is 1.65. The highest BCUT2D eigenvalue weighted by atomic mass is 32.1. The summed E-state index contributed by atoms with van der Waals surface area (Å²) in [4.78, 5) is 0. The number of nitrogens with one attached hydrogen (secondary N) is 2. The molecule has 20 heavy (non-hydrogen) atoms. The Morgan fingerprint density at radius 3 is 2.60 bits per heavy atom. The Labute approximate surface area is 120 Å². The smallest absolute Gasteiger partial charge is 0.175 e. The molecule has 0 saturated carbocycles. The zero-order valence-corrected chi connectivity index (χ0v) is 11.9. The number of anilines is 2. The van der Waals surface area contributed by atoms with Crippen LogP contribution < -0.4 is 10.6 Å². The van der Waals surface area contributed by atoms with Crippen LogP contribution in [0.25, 0.3) is 0 Å². The molecule has 1 aromatic heterocycles. The zero-order chi connectivity index (χ0) is 14.7. The fourth-order valence-electron chi connectivity index (χ4n) is 1.75. The highest BCUT2D eigenvalue weighted by molar-refractivity contribution is 7.80. The zero-order valence-electron chi connectivity index (χ0n) is 11.1. The first-order chi connectivity index (χ1) is 9.51. The van der Waals surface area contributed by atoms with Crippen molar-refractivity contribution in [2.24, 2.45) is 0 Å². The Balaban J connectivity index is 2.07. The molecule has 0 aliphatic heterocycles. The lowest BCUT2D eigenvalue weighted by atomic mass is 10.3. The molecule has 0 saturated heterocycles. The van der Waals surface area contributed by atoms with Gasteiger partial charge in [-0.25, -0.2) is 8.78 Å². The molecule has 0 spiro atoms. The van der Waals surface area contributed by atoms with Crippen LogP contribution in [0.15, 0.2) is 24.4 Å². The maximum atomic E-state index is 13.5. The number of benzene rings is 1. The monoisotopic (exact) mass is 296 g/mol. The van der Waals surface area contributed by atoms with E-state index in [1.54, 1.807) is 6.20 Å². The van der Waals surface area contributed by atoms with Gasteiger partial charge in [0.1, 0.15) is 11.6 Å². The molecule has 2 rings (SSSR count). The molecule has 2 aromatic rings. The van der Waals surface area contributed by atoms with Gasteiger partial charge in [0.2, 0.25) is 0 Å². The number of hydrogen-bond acceptors (Lipinski definition) is 2. The largest absolute Gasteiger partial charge is 0.330 e. The van der Waals surface area contributed by atoms with Gasteiger partial charge in [-0.1, -0.05) is 0 Å². The number of nitrogens with zero attached hydrogens (tertiary/aromatic N) is 2. The third-order valence-electron chi connectivity index (χ3n) is 2.83. The van der Waals surface area contributed by atoms with Crippen LogP contribution in [0.4, 0.5) is 20.2 Å². The highest BCUT2D eigenvalue weighted by Crippen LogP contribution is 2.17. The van der Waals surface area contributed by atoms with E-state index in [0.29, 0.717) is 0 Å². The second kappa shape index (κ2) is 5.96. The first kappa shape index (κ1) is 14.4. The van der Waals surface area contributed by atoms with Gasteiger partial charge >= 0.3 is 0 Å². The quantitative estimate of drug-likeness (QED) is 0.853. The van der Waals surface area contributed by atoms with Crippen molar-refractivity contribution in [2.45, 2.75) is 20.4 Å². The van der Waals surface area contributed by atoms with Gasteiger partial charge in [0.25, 0.3) is 0 Å². The second-order valence-corrected chi connectivity index (χ2v) is 4.57. The lowest BCUT2D eigenvalue weighted by molar-refractivity contribution is 0.586. The fourth-order valence-corrected chi connectivity index (χ4v) is 1.97. The SMILES string of the molecule is CCn1ncc(NC(=S)Nc2ccc(F)cc2F)c1C. The second-order valence-electron chi connectivity index (χ2n) is 4.16. The van der Waals surface area contributed by atoms with E-state index in [4.69, 9.17) is 12.2 Å². The summed E-state index contributed by atoms with van der Waals surface area (Å²) < 4.78 is 28.1. The van der Waals surface area contributed by atoms with Crippen LogP contribution in [0.1, 0.15) is 12.6 Å². The Morgan fingerprint density at radius 1 is 1.30 bits per heavy atom. The van der Waals surface area contributed by atoms with Crippen LogP contribution in [0.3, 0.4) is 0 Å². The molecule has 0 bridgehead atoms. The molecule has 0 atom stereocenters. The summed E-state index contributed by atoms with van der Waals surface area (Å²) in [5.74, 6) is -1.33. The fraction of sp³-hybridized carbons (Fsp3) is 0.231. The first-order valence-electron chi connectivity index (χ1n) is 6.06. The maximum absolute atomic E-state index is 13.5. The summed E-state index contributed by atoms with van der Waals surface area (Å²) in [5.41, 5.74) is 1.78. The van der Waals surface area contributed by atoms with E-state index < -0.39 is 11.6 Å². The van der Waals surface area contributed by atoms with Crippen LogP contribution in [0.2, 0.25) is 0 Å². The van der Waals surface area contributed by atoms with Gasteiger partial charge in [-0.05, 0) is 38.2 Å². The van der Waals surface area contributed by atoms with E-state index in [1.165, 1.54) is 6.07 Å². The number of hydrogen-bond donors (Lipinski definition) is 2. The molecule has 0 radical (unpaired) electrons. The van der Waals surface area contributed by atoms with Gasteiger partial charge in [-0.2, -0.15) is 5.10 Å². The third-order valence-corrected chi connectivity index (χ3v) is 3.03. The molecule has 4 nitrogen and oxygen atoms in total. The van der Waals surface area contributed by atoms with Crippen LogP contribution in [0, 0.1) is 18.6 Å². The van der Waals surface area contributed by atoms with Crippen LogP contribution >= 0.6 is 12.2 Å². The summed E-state index contributed by atoms with van der Waals surface area (Å²) in [6, 6.07) is 3.25. The van der Waals surface area contributed by atoms with E-state index in [9.17, 15) is 8.78 Å². The van der Waals surface area contributed by atoms with Crippen molar-refractivity contribution in [1.29, 1.82) is 0 Å². The average Bonchev–Trinajstić information content (AvgIpc) is 2.74. The predicted molar refractivity (Wildman–Crippen MR) is 78.8 cm³/mol. The van der Waals surface area contributed by atoms with Crippen LogP contribution in [0.5, 0.6) is 0 Å². The van der Waals surface area contributed by atoms with Gasteiger partial charge in [0, 0.05) is 12.6 Å². The van der Waals surface area contributed by atoms with Gasteiger partial charge < -0.3 is 10.6 Å². The molecular formula is C13H14F2N4S. The number of rotatable bonds is 3. The van der Waals surface area contributed by atoms with Crippen molar-refractivity contribution in [1.82, 2.24) is 9.78 Å². The Morgan fingerprint density at radius 2 is 2.00 bits per heavy atom. The number of aryl methyl sites for hydroxylation is 1. The van der Waals surface area contributed by atoms with E-state index in [-0.39, 0.29) is 10.8 Å². The minimum atomic E-state index is -0.699. The molecule has 0 aliphatic carbocycles. The molecule has 2 N–H and O–H groups in total. The Hall–Kier alpha value is -2.02. The van der Waals surface area contributed by atoms with Crippen molar-refractivity contribution in [3.63, 3.8) is 0 Å². The minimum absolute atomic E-state index is 0.115. The molecule has 7 heteroatoms. The van der Waals surface area contributed by atoms with E-state index >= 15 is 0 Å². The summed E-state index contributed by atoms with van der Waals surface area (Å²) in [7, 11) is 0. The summed E-state index contributed by atoms with van der Waals surface area (Å²) in [5, 5.41) is 10.00. The highest BCUT2D eigenvalue weighted by Gasteiger charge is 2.09. The lowest BCUT2D eigenvalue weighted by Crippen LogP contribution is -2.20. The molecule has 106 valence electrons. The lowest BCUT2D eigenvalue weighted by Gasteiger charge is -2.11. The molecule has 0 amide bonds. The molecular weight excluding hydrogens is 282 g/mol.